The number of ether oxygens (including phenoxy) is 2. The van der Waals surface area contributed by atoms with Crippen LogP contribution in [0, 0.1) is 27.7 Å². The van der Waals surface area contributed by atoms with Crippen LogP contribution in [0.2, 0.25) is 0 Å². The zero-order valence-electron chi connectivity index (χ0n) is 27.8. The van der Waals surface area contributed by atoms with E-state index in [9.17, 15) is 9.59 Å². The topological polar surface area (TPSA) is 116 Å². The van der Waals surface area contributed by atoms with E-state index in [1.807, 2.05) is 26.0 Å². The highest BCUT2D eigenvalue weighted by atomic mass is 16.5. The number of carbonyl (C=O) groups is 2. The zero-order chi connectivity index (χ0) is 33.1. The minimum atomic E-state index is -0.228. The number of carbonyl (C=O) groups excluding carboxylic acids is 2. The van der Waals surface area contributed by atoms with Crippen molar-refractivity contribution in [1.82, 2.24) is 19.9 Å². The summed E-state index contributed by atoms with van der Waals surface area (Å²) in [5.74, 6) is -0.454. The monoisotopic (exact) mass is 620 g/mol. The normalized spacial score (nSPS) is 14.9. The van der Waals surface area contributed by atoms with Crippen LogP contribution in [0.15, 0.2) is 13.2 Å². The fourth-order valence-electron chi connectivity index (χ4n) is 6.38. The minimum Gasteiger partial charge on any atom is -0.466 e. The summed E-state index contributed by atoms with van der Waals surface area (Å²) < 4.78 is 10.5. The third-order valence-corrected chi connectivity index (χ3v) is 8.97. The molecule has 5 heterocycles. The summed E-state index contributed by atoms with van der Waals surface area (Å²) >= 11 is 0. The van der Waals surface area contributed by atoms with Gasteiger partial charge >= 0.3 is 11.9 Å². The Labute approximate surface area is 269 Å². The number of rotatable bonds is 10. The lowest BCUT2D eigenvalue weighted by molar-refractivity contribution is -0.144. The molecule has 8 nitrogen and oxygen atoms in total. The van der Waals surface area contributed by atoms with Crippen LogP contribution in [0.3, 0.4) is 0 Å². The average Bonchev–Trinajstić information content (AvgIpc) is 3.68. The lowest BCUT2D eigenvalue weighted by atomic mass is 10.0. The third kappa shape index (κ3) is 6.25. The first-order valence-corrected chi connectivity index (χ1v) is 15.9. The Hall–Kier alpha value is -4.98. The third-order valence-electron chi connectivity index (χ3n) is 8.97. The molecule has 0 aromatic carbocycles. The van der Waals surface area contributed by atoms with Crippen molar-refractivity contribution in [2.45, 2.75) is 67.2 Å². The fourth-order valence-corrected chi connectivity index (χ4v) is 6.38. The summed E-state index contributed by atoms with van der Waals surface area (Å²) in [7, 11) is 0. The number of hydrogen-bond donors (Lipinski definition) is 4. The van der Waals surface area contributed by atoms with Gasteiger partial charge in [-0.15, -0.1) is 0 Å². The van der Waals surface area contributed by atoms with Gasteiger partial charge in [-0.2, -0.15) is 0 Å². The maximum atomic E-state index is 12.4. The molecule has 8 bridgehead atoms. The second-order valence-corrected chi connectivity index (χ2v) is 11.7. The SMILES string of the molecule is C=Cc1c2[nH]c(c1C)/C=c1\[nH]/c(c(C)c1C=C)=C\c1[nH]c(c(CCC(=O)OCC)c1C)/C=c1\[nH]/c(c(C)c1CCC(=O)OCC)=C\2. The van der Waals surface area contributed by atoms with E-state index < -0.39 is 0 Å². The quantitative estimate of drug-likeness (QED) is 0.176. The van der Waals surface area contributed by atoms with Crippen LogP contribution in [0.1, 0.15) is 94.0 Å². The largest absolute Gasteiger partial charge is 0.466 e. The molecule has 240 valence electrons. The van der Waals surface area contributed by atoms with Crippen LogP contribution in [0.5, 0.6) is 0 Å². The van der Waals surface area contributed by atoms with Crippen molar-refractivity contribution in [3.8, 4) is 0 Å². The molecule has 0 fully saturated rings. The predicted octanol–water partition coefficient (Wildman–Crippen LogP) is 4.14. The van der Waals surface area contributed by atoms with Crippen LogP contribution in [-0.2, 0) is 31.9 Å². The van der Waals surface area contributed by atoms with E-state index in [4.69, 9.17) is 9.47 Å². The number of hydrogen-bond acceptors (Lipinski definition) is 4. The molecule has 4 aromatic rings. The van der Waals surface area contributed by atoms with Crippen molar-refractivity contribution in [2.24, 2.45) is 0 Å². The lowest BCUT2D eigenvalue weighted by Gasteiger charge is -2.04. The van der Waals surface area contributed by atoms with E-state index in [-0.39, 0.29) is 24.8 Å². The first-order chi connectivity index (χ1) is 22.1. The van der Waals surface area contributed by atoms with Crippen molar-refractivity contribution in [3.63, 3.8) is 0 Å². The average molecular weight is 621 g/mol. The van der Waals surface area contributed by atoms with Gasteiger partial charge in [-0.1, -0.05) is 25.3 Å². The highest BCUT2D eigenvalue weighted by Crippen LogP contribution is 2.24. The predicted molar refractivity (Wildman–Crippen MR) is 185 cm³/mol. The van der Waals surface area contributed by atoms with Gasteiger partial charge in [0.25, 0.3) is 0 Å². The van der Waals surface area contributed by atoms with Gasteiger partial charge in [-0.25, -0.2) is 0 Å². The fraction of sp³-hybridized carbons (Fsp3) is 0.316. The number of H-pyrrole nitrogens is 4. The van der Waals surface area contributed by atoms with Crippen LogP contribution < -0.4 is 21.4 Å². The van der Waals surface area contributed by atoms with Crippen LogP contribution in [0.4, 0.5) is 0 Å². The van der Waals surface area contributed by atoms with Crippen molar-refractivity contribution in [2.75, 3.05) is 13.2 Å². The Bertz CT molecular complexity index is 2090. The van der Waals surface area contributed by atoms with Crippen molar-refractivity contribution in [3.05, 3.63) is 102 Å². The molecule has 5 rings (SSSR count). The van der Waals surface area contributed by atoms with Gasteiger partial charge in [0.2, 0.25) is 0 Å². The maximum Gasteiger partial charge on any atom is 0.306 e. The van der Waals surface area contributed by atoms with Gasteiger partial charge in [0, 0.05) is 68.1 Å². The van der Waals surface area contributed by atoms with Gasteiger partial charge < -0.3 is 29.4 Å². The van der Waals surface area contributed by atoms with E-state index in [1.54, 1.807) is 0 Å². The Morgan fingerprint density at radius 1 is 0.587 bits per heavy atom. The zero-order valence-corrected chi connectivity index (χ0v) is 27.8. The molecule has 0 atom stereocenters. The van der Waals surface area contributed by atoms with Crippen LogP contribution in [0.25, 0.3) is 36.5 Å². The molecule has 0 aliphatic carbocycles. The van der Waals surface area contributed by atoms with E-state index in [0.717, 1.165) is 88.7 Å². The molecule has 4 aromatic heterocycles. The van der Waals surface area contributed by atoms with Crippen LogP contribution >= 0.6 is 0 Å². The molecule has 1 aliphatic rings. The first-order valence-electron chi connectivity index (χ1n) is 15.9. The smallest absolute Gasteiger partial charge is 0.306 e. The molecule has 1 aliphatic heterocycles. The highest BCUT2D eigenvalue weighted by molar-refractivity contribution is 5.73. The van der Waals surface area contributed by atoms with Gasteiger partial charge in [-0.05, 0) is 112 Å². The maximum absolute atomic E-state index is 12.4. The number of esters is 2. The summed E-state index contributed by atoms with van der Waals surface area (Å²) in [6, 6.07) is 0. The highest BCUT2D eigenvalue weighted by Gasteiger charge is 2.17. The van der Waals surface area contributed by atoms with Crippen LogP contribution in [-0.4, -0.2) is 45.1 Å². The van der Waals surface area contributed by atoms with Crippen molar-refractivity contribution >= 4 is 48.4 Å². The molecule has 0 saturated heterocycles. The Kier molecular flexibility index (Phi) is 9.56. The van der Waals surface area contributed by atoms with E-state index in [1.165, 1.54) is 0 Å². The second-order valence-electron chi connectivity index (χ2n) is 11.7. The molecular formula is C38H44N4O4. The molecule has 0 spiro atoms. The summed E-state index contributed by atoms with van der Waals surface area (Å²) in [4.78, 5) is 39.4. The summed E-state index contributed by atoms with van der Waals surface area (Å²) in [5.41, 5.74) is 12.2. The molecule has 46 heavy (non-hydrogen) atoms. The van der Waals surface area contributed by atoms with Gasteiger partial charge in [0.05, 0.1) is 13.2 Å². The summed E-state index contributed by atoms with van der Waals surface area (Å²) in [6.45, 7) is 20.9. The number of aromatic nitrogens is 4. The first kappa shape index (κ1) is 32.4. The summed E-state index contributed by atoms with van der Waals surface area (Å²) in [5, 5.41) is 3.75. The molecule has 0 radical (unpaired) electrons. The standard InChI is InChI=1S/C38H44N4O4/c1-9-25-21(5)29-17-30-23(7)27(13-15-37(43)45-11-3)35(41-30)20-36-28(14-16-38(44)46-12-4)24(8)32(42-36)19-34-26(10-2)22(6)31(40-34)18-33(25)39-29/h9-10,17-20,39-42H,1-2,11-16H2,3-8H3/b29-17-,30-17?,31-18?,32-19-,33-18-,34-19?,35-20?,36-20-. The number of fused-ring (bicyclic) bond motifs is 8. The van der Waals surface area contributed by atoms with E-state index in [0.29, 0.717) is 26.1 Å². The van der Waals surface area contributed by atoms with E-state index in [2.05, 4.69) is 85.1 Å². The minimum absolute atomic E-state index is 0.227. The second kappa shape index (κ2) is 13.6. The Balaban J connectivity index is 1.84. The Morgan fingerprint density at radius 2 is 1.09 bits per heavy atom. The Morgan fingerprint density at radius 3 is 1.72 bits per heavy atom. The van der Waals surface area contributed by atoms with E-state index >= 15 is 0 Å². The number of nitrogens with one attached hydrogen (secondary N) is 4. The lowest BCUT2D eigenvalue weighted by Crippen LogP contribution is -2.14. The molecule has 8 heteroatoms. The van der Waals surface area contributed by atoms with Crippen molar-refractivity contribution < 1.29 is 19.1 Å². The molecule has 0 saturated carbocycles. The molecule has 0 unspecified atom stereocenters. The van der Waals surface area contributed by atoms with Gasteiger partial charge in [0.1, 0.15) is 0 Å². The summed E-state index contributed by atoms with van der Waals surface area (Å²) in [6.07, 6.45) is 13.8. The number of aromatic amines is 4. The van der Waals surface area contributed by atoms with Crippen molar-refractivity contribution in [1.29, 1.82) is 0 Å². The molecule has 4 N–H and O–H groups in total. The van der Waals surface area contributed by atoms with Gasteiger partial charge in [0.15, 0.2) is 0 Å². The molecular weight excluding hydrogens is 576 g/mol. The van der Waals surface area contributed by atoms with Gasteiger partial charge in [-0.3, -0.25) is 9.59 Å². The molecule has 0 amide bonds.